The molecule has 0 unspecified atom stereocenters. The van der Waals surface area contributed by atoms with Crippen molar-refractivity contribution in [2.24, 2.45) is 0 Å². The molecule has 0 spiro atoms. The number of nitrogens with one attached hydrogen (secondary N) is 6. The van der Waals surface area contributed by atoms with E-state index < -0.39 is 60.1 Å². The highest BCUT2D eigenvalue weighted by molar-refractivity contribution is 7.43. The van der Waals surface area contributed by atoms with Crippen LogP contribution in [-0.2, 0) is 27.3 Å². The van der Waals surface area contributed by atoms with Crippen LogP contribution in [0.25, 0.3) is 0 Å². The smallest absolute Gasteiger partial charge is 0.120 e. The Hall–Kier alpha value is -0.0300. The molecule has 1 saturated carbocycles. The van der Waals surface area contributed by atoms with Gasteiger partial charge in [0, 0.05) is 0 Å². The van der Waals surface area contributed by atoms with Crippen LogP contribution in [0, 0.1) is 0 Å². The van der Waals surface area contributed by atoms with Crippen LogP contribution < -0.4 is 58.8 Å². The van der Waals surface area contributed by atoms with Crippen molar-refractivity contribution >= 4 is 23.5 Å². The van der Waals surface area contributed by atoms with Gasteiger partial charge < -0.3 is 101 Å². The van der Waals surface area contributed by atoms with E-state index in [4.69, 9.17) is 0 Å². The zero-order valence-electron chi connectivity index (χ0n) is 44.8. The molecular formula is C42H105N6O15P3. The molecule has 24 heteroatoms. The van der Waals surface area contributed by atoms with Crippen molar-refractivity contribution in [1.29, 1.82) is 0 Å². The molecule has 0 heterocycles. The normalized spacial score (nSPS) is 19.6. The van der Waals surface area contributed by atoms with Crippen LogP contribution in [0.15, 0.2) is 0 Å². The van der Waals surface area contributed by atoms with Crippen molar-refractivity contribution in [2.75, 3.05) is 118 Å². The highest BCUT2D eigenvalue weighted by Crippen LogP contribution is 2.43. The van der Waals surface area contributed by atoms with Crippen molar-refractivity contribution in [2.45, 2.75) is 161 Å². The Morgan fingerprint density at radius 1 is 0.288 bits per heavy atom. The maximum absolute atomic E-state index is 10.6. The molecule has 0 aromatic heterocycles. The topological polar surface area (TPSA) is 305 Å². The Labute approximate surface area is 402 Å². The molecule has 66 heavy (non-hydrogen) atoms. The summed E-state index contributed by atoms with van der Waals surface area (Å²) in [6.07, 6.45) is -15.7. The van der Waals surface area contributed by atoms with E-state index in [1.165, 1.54) is 118 Å². The summed E-state index contributed by atoms with van der Waals surface area (Å²) in [4.78, 5) is 73.6. The number of quaternary nitrogens is 6. The summed E-state index contributed by atoms with van der Waals surface area (Å²) >= 11 is 0. The number of hydrogen-bond acceptors (Lipinski definition) is 15. The van der Waals surface area contributed by atoms with Gasteiger partial charge in [-0.05, 0) is 125 Å². The van der Waals surface area contributed by atoms with E-state index in [1.54, 1.807) is 29.4 Å². The molecule has 0 saturated heterocycles. The van der Waals surface area contributed by atoms with Gasteiger partial charge in [0.1, 0.15) is 36.6 Å². The van der Waals surface area contributed by atoms with Crippen molar-refractivity contribution < 1.29 is 101 Å². The molecule has 6 atom stereocenters. The van der Waals surface area contributed by atoms with Gasteiger partial charge >= 0.3 is 0 Å². The lowest BCUT2D eigenvalue weighted by molar-refractivity contribution is -0.894. The second-order valence-corrected chi connectivity index (χ2v) is 18.7. The Bertz CT molecular complexity index is 1030. The summed E-state index contributed by atoms with van der Waals surface area (Å²) < 4.78 is 43.0. The number of hydrogen-bond donors (Lipinski definition) is 9. The lowest BCUT2D eigenvalue weighted by Crippen LogP contribution is -3.11. The molecule has 408 valence electrons. The third-order valence-corrected chi connectivity index (χ3v) is 13.3. The van der Waals surface area contributed by atoms with Gasteiger partial charge in [-0.25, -0.2) is 0 Å². The number of rotatable bonds is 24. The van der Waals surface area contributed by atoms with Crippen LogP contribution in [0.4, 0.5) is 0 Å². The number of aliphatic hydroxyl groups excluding tert-OH is 3. The first kappa shape index (κ1) is 77.4. The van der Waals surface area contributed by atoms with Crippen LogP contribution >= 0.6 is 23.5 Å². The number of phosphoric acid groups is 3. The molecule has 0 aliphatic heterocycles. The summed E-state index contributed by atoms with van der Waals surface area (Å²) in [7, 11) is -17.9. The third kappa shape index (κ3) is 45.1. The van der Waals surface area contributed by atoms with Crippen molar-refractivity contribution in [3.8, 4) is 0 Å². The van der Waals surface area contributed by atoms with Gasteiger partial charge in [-0.3, -0.25) is 0 Å². The predicted octanol–water partition coefficient (Wildman–Crippen LogP) is -7.69. The van der Waals surface area contributed by atoms with E-state index in [0.29, 0.717) is 0 Å². The molecule has 0 amide bonds. The van der Waals surface area contributed by atoms with Crippen LogP contribution in [0.5, 0.6) is 0 Å². The summed E-state index contributed by atoms with van der Waals surface area (Å²) in [5.74, 6) is 0. The molecule has 9 N–H and O–H groups in total. The molecular weight excluding hydrogens is 921 g/mol. The van der Waals surface area contributed by atoms with Crippen LogP contribution in [0.1, 0.15) is 125 Å². The Kier molecular flexibility index (Phi) is 55.5. The maximum Gasteiger partial charge on any atom is 0.120 e. The summed E-state index contributed by atoms with van der Waals surface area (Å²) in [6, 6.07) is 0. The minimum Gasteiger partial charge on any atom is -0.790 e. The summed E-state index contributed by atoms with van der Waals surface area (Å²) in [6.45, 7) is 62.9. The fourth-order valence-electron chi connectivity index (χ4n) is 6.48. The van der Waals surface area contributed by atoms with Gasteiger partial charge in [0.15, 0.2) is 0 Å². The summed E-state index contributed by atoms with van der Waals surface area (Å²) in [5.41, 5.74) is 0. The minimum atomic E-state index is -6.01. The average Bonchev–Trinajstić information content (AvgIpc) is 3.27. The Morgan fingerprint density at radius 2 is 0.409 bits per heavy atom. The van der Waals surface area contributed by atoms with Crippen molar-refractivity contribution in [3.05, 3.63) is 0 Å². The van der Waals surface area contributed by atoms with E-state index in [-0.39, 0.29) is 0 Å². The number of aliphatic hydroxyl groups is 3. The zero-order chi connectivity index (χ0) is 53.3. The van der Waals surface area contributed by atoms with Crippen LogP contribution in [0.2, 0.25) is 0 Å². The maximum atomic E-state index is 10.6. The van der Waals surface area contributed by atoms with E-state index >= 15 is 0 Å². The zero-order valence-corrected chi connectivity index (χ0v) is 47.5. The van der Waals surface area contributed by atoms with Crippen LogP contribution in [-0.4, -0.2) is 170 Å². The summed E-state index contributed by atoms with van der Waals surface area (Å²) in [5, 5.41) is 28.9. The van der Waals surface area contributed by atoms with Gasteiger partial charge in [-0.2, -0.15) is 0 Å². The molecule has 21 nitrogen and oxygen atoms in total. The molecule has 1 fully saturated rings. The van der Waals surface area contributed by atoms with Gasteiger partial charge in [0.2, 0.25) is 0 Å². The van der Waals surface area contributed by atoms with E-state index in [0.717, 1.165) is 0 Å². The fraction of sp³-hybridized carbons (Fsp3) is 1.00. The molecule has 1 rings (SSSR count). The van der Waals surface area contributed by atoms with E-state index in [9.17, 15) is 58.4 Å². The molecule has 0 aromatic rings. The highest BCUT2D eigenvalue weighted by Gasteiger charge is 2.52. The first-order valence-electron chi connectivity index (χ1n) is 24.8. The standard InChI is InChI=1S/6C6H15N.C6H15O15P3/c6*1-4-7(5-2)6-3;7-1-2(8)5(20-23(13,14)15)6(21-24(16,17)18)3(9)4(1)19-22(10,11)12/h6*4-6H2,1-3H3;1-9H,(H2,10,11,12)(H2,13,14,15)(H2,16,17,18)/t;;;;;;1-,2-,3-,4-,5+,6+/m......0/s1. The van der Waals surface area contributed by atoms with Gasteiger partial charge in [-0.15, -0.1) is 0 Å². The first-order chi connectivity index (χ1) is 30.6. The Morgan fingerprint density at radius 3 is 0.530 bits per heavy atom. The minimum absolute atomic E-state index is 1.27. The third-order valence-electron chi connectivity index (χ3n) is 11.8. The van der Waals surface area contributed by atoms with Crippen molar-refractivity contribution in [1.82, 2.24) is 0 Å². The molecule has 0 radical (unpaired) electrons. The lowest BCUT2D eigenvalue weighted by Gasteiger charge is -2.51. The highest BCUT2D eigenvalue weighted by atomic mass is 31.2. The second kappa shape index (κ2) is 47.3. The fourth-order valence-corrected chi connectivity index (χ4v) is 8.12. The first-order valence-corrected chi connectivity index (χ1v) is 29.1. The molecule has 0 bridgehead atoms. The Balaban J connectivity index is -0.000000177. The number of phosphoric ester groups is 3. The molecule has 1 aliphatic rings. The lowest BCUT2D eigenvalue weighted by atomic mass is 9.85. The van der Waals surface area contributed by atoms with Crippen molar-refractivity contribution in [3.63, 3.8) is 0 Å². The molecule has 0 aromatic carbocycles. The SMILES string of the molecule is CC[NH+](CC)CC.CC[NH+](CC)CC.CC[NH+](CC)CC.CC[NH+](CC)CC.CC[NH+](CC)CC.CC[NH+](CC)CC.O=P([O-])([O-])O[C@H]1[C@@H](O)[C@H](O)[C@@H](OP(=O)([O-])[O-])[C@H](OP(=O)([O-])[O-])[C@H]1O. The van der Waals surface area contributed by atoms with Crippen LogP contribution in [0.3, 0.4) is 0 Å². The van der Waals surface area contributed by atoms with Gasteiger partial charge in [0.05, 0.1) is 141 Å². The molecule has 1 aliphatic carbocycles. The second-order valence-electron chi connectivity index (χ2n) is 15.4. The van der Waals surface area contributed by atoms with Gasteiger partial charge in [0.25, 0.3) is 0 Å². The van der Waals surface area contributed by atoms with Gasteiger partial charge in [-0.1, -0.05) is 0 Å². The van der Waals surface area contributed by atoms with E-state index in [1.807, 2.05) is 0 Å². The quantitative estimate of drug-likeness (QED) is 0.0406. The monoisotopic (exact) mass is 1030 g/mol. The largest absolute Gasteiger partial charge is 0.790 e. The predicted molar refractivity (Wildman–Crippen MR) is 251 cm³/mol. The average molecular weight is 1030 g/mol. The van der Waals surface area contributed by atoms with E-state index in [2.05, 4.69) is 138 Å².